The van der Waals surface area contributed by atoms with E-state index in [0.29, 0.717) is 5.92 Å². The molecule has 0 bridgehead atoms. The van der Waals surface area contributed by atoms with Crippen LogP contribution in [0.1, 0.15) is 29.0 Å². The molecule has 1 saturated heterocycles. The van der Waals surface area contributed by atoms with E-state index < -0.39 is 0 Å². The van der Waals surface area contributed by atoms with Crippen LogP contribution in [0.5, 0.6) is 0 Å². The third-order valence-corrected chi connectivity index (χ3v) is 5.67. The topological polar surface area (TPSA) is 22.3 Å². The van der Waals surface area contributed by atoms with Crippen molar-refractivity contribution in [2.45, 2.75) is 18.9 Å². The molecule has 0 amide bonds. The summed E-state index contributed by atoms with van der Waals surface area (Å²) in [4.78, 5) is 8.35. The maximum Gasteiger partial charge on any atom is 0.0249 e. The van der Waals surface area contributed by atoms with Crippen LogP contribution in [0.25, 0.3) is 0 Å². The predicted octanol–water partition coefficient (Wildman–Crippen LogP) is 4.35. The number of aromatic amines is 1. The lowest BCUT2D eigenvalue weighted by Crippen LogP contribution is -2.46. The van der Waals surface area contributed by atoms with Crippen molar-refractivity contribution in [1.82, 2.24) is 14.8 Å². The smallest absolute Gasteiger partial charge is 0.0249 e. The Kier molecular flexibility index (Phi) is 6.03. The number of aromatic nitrogens is 1. The summed E-state index contributed by atoms with van der Waals surface area (Å²) >= 11 is 0. The van der Waals surface area contributed by atoms with Gasteiger partial charge in [0.2, 0.25) is 0 Å². The third kappa shape index (κ3) is 4.88. The van der Waals surface area contributed by atoms with Crippen molar-refractivity contribution in [2.75, 3.05) is 32.7 Å². The Bertz CT molecular complexity index is 736. The molecule has 27 heavy (non-hydrogen) atoms. The van der Waals surface area contributed by atoms with Gasteiger partial charge in [0.05, 0.1) is 0 Å². The molecule has 140 valence electrons. The monoisotopic (exact) mass is 359 g/mol. The van der Waals surface area contributed by atoms with Crippen LogP contribution in [0.4, 0.5) is 0 Å². The molecule has 1 fully saturated rings. The van der Waals surface area contributed by atoms with E-state index in [1.807, 2.05) is 6.20 Å². The van der Waals surface area contributed by atoms with Crippen LogP contribution < -0.4 is 0 Å². The molecule has 0 spiro atoms. The van der Waals surface area contributed by atoms with Crippen molar-refractivity contribution >= 4 is 0 Å². The lowest BCUT2D eigenvalue weighted by atomic mass is 9.88. The van der Waals surface area contributed by atoms with E-state index in [4.69, 9.17) is 0 Å². The second-order valence-electron chi connectivity index (χ2n) is 7.50. The van der Waals surface area contributed by atoms with Crippen LogP contribution in [-0.2, 0) is 6.54 Å². The van der Waals surface area contributed by atoms with Crippen molar-refractivity contribution in [3.05, 3.63) is 95.8 Å². The fourth-order valence-corrected chi connectivity index (χ4v) is 4.09. The Morgan fingerprint density at radius 1 is 0.741 bits per heavy atom. The molecule has 0 radical (unpaired) electrons. The minimum Gasteiger partial charge on any atom is -0.367 e. The molecule has 1 N–H and O–H groups in total. The number of H-pyrrole nitrogens is 1. The van der Waals surface area contributed by atoms with Gasteiger partial charge in [-0.05, 0) is 35.7 Å². The van der Waals surface area contributed by atoms with Crippen molar-refractivity contribution in [2.24, 2.45) is 0 Å². The number of rotatable bonds is 7. The van der Waals surface area contributed by atoms with Crippen LogP contribution >= 0.6 is 0 Å². The van der Waals surface area contributed by atoms with Gasteiger partial charge in [0.15, 0.2) is 0 Å². The Morgan fingerprint density at radius 2 is 1.33 bits per heavy atom. The normalized spacial score (nSPS) is 16.0. The highest BCUT2D eigenvalue weighted by Gasteiger charge is 2.20. The number of hydrogen-bond acceptors (Lipinski definition) is 2. The van der Waals surface area contributed by atoms with Crippen molar-refractivity contribution < 1.29 is 0 Å². The van der Waals surface area contributed by atoms with Crippen LogP contribution in [0.2, 0.25) is 0 Å². The van der Waals surface area contributed by atoms with Crippen LogP contribution in [0.15, 0.2) is 79.1 Å². The summed E-state index contributed by atoms with van der Waals surface area (Å²) in [7, 11) is 0. The van der Waals surface area contributed by atoms with Gasteiger partial charge in [0.1, 0.15) is 0 Å². The summed E-state index contributed by atoms with van der Waals surface area (Å²) in [6.07, 6.45) is 5.29. The van der Waals surface area contributed by atoms with Gasteiger partial charge in [-0.3, -0.25) is 4.90 Å². The minimum atomic E-state index is 0.477. The van der Waals surface area contributed by atoms with E-state index in [-0.39, 0.29) is 0 Å². The fraction of sp³-hybridized carbons (Fsp3) is 0.333. The standard InChI is InChI=1S/C24H29N3/c1-3-7-22(8-4-1)24(23-9-5-2-6-10-23)12-14-26-15-17-27(18-16-26)20-21-11-13-25-19-21/h1-11,13,19,24-25H,12,14-18,20H2. The maximum atomic E-state index is 3.15. The number of nitrogens with one attached hydrogen (secondary N) is 1. The summed E-state index contributed by atoms with van der Waals surface area (Å²) in [6.45, 7) is 6.88. The first-order chi connectivity index (χ1) is 13.4. The molecule has 1 aliphatic heterocycles. The Balaban J connectivity index is 1.33. The van der Waals surface area contributed by atoms with E-state index in [1.54, 1.807) is 0 Å². The molecule has 2 aromatic carbocycles. The fourth-order valence-electron chi connectivity index (χ4n) is 4.09. The summed E-state index contributed by atoms with van der Waals surface area (Å²) < 4.78 is 0. The molecule has 0 unspecified atom stereocenters. The SMILES string of the molecule is c1ccc(C(CCN2CCN(Cc3cc[nH]c3)CC2)c2ccccc2)cc1. The highest BCUT2D eigenvalue weighted by molar-refractivity contribution is 5.32. The van der Waals surface area contributed by atoms with Crippen molar-refractivity contribution in [1.29, 1.82) is 0 Å². The first-order valence-electron chi connectivity index (χ1n) is 10.0. The predicted molar refractivity (Wildman–Crippen MR) is 112 cm³/mol. The molecule has 3 heteroatoms. The van der Waals surface area contributed by atoms with E-state index in [1.165, 1.54) is 36.2 Å². The van der Waals surface area contributed by atoms with E-state index in [2.05, 4.69) is 87.7 Å². The molecule has 1 aromatic heterocycles. The van der Waals surface area contributed by atoms with Gasteiger partial charge >= 0.3 is 0 Å². The van der Waals surface area contributed by atoms with Gasteiger partial charge in [0, 0.05) is 51.0 Å². The first-order valence-corrected chi connectivity index (χ1v) is 10.0. The Labute approximate surface area is 162 Å². The second kappa shape index (κ2) is 9.03. The van der Waals surface area contributed by atoms with Crippen LogP contribution in [-0.4, -0.2) is 47.5 Å². The summed E-state index contributed by atoms with van der Waals surface area (Å²) in [6, 6.07) is 24.1. The largest absolute Gasteiger partial charge is 0.367 e. The molecule has 0 saturated carbocycles. The molecule has 3 aromatic rings. The van der Waals surface area contributed by atoms with E-state index in [9.17, 15) is 0 Å². The third-order valence-electron chi connectivity index (χ3n) is 5.67. The van der Waals surface area contributed by atoms with Crippen molar-refractivity contribution in [3.63, 3.8) is 0 Å². The zero-order valence-corrected chi connectivity index (χ0v) is 15.9. The highest BCUT2D eigenvalue weighted by Crippen LogP contribution is 2.28. The van der Waals surface area contributed by atoms with Gasteiger partial charge in [0.25, 0.3) is 0 Å². The zero-order valence-electron chi connectivity index (χ0n) is 15.9. The van der Waals surface area contributed by atoms with Gasteiger partial charge in [-0.15, -0.1) is 0 Å². The lowest BCUT2D eigenvalue weighted by molar-refractivity contribution is 0.125. The Morgan fingerprint density at radius 3 is 1.89 bits per heavy atom. The molecule has 1 aliphatic rings. The van der Waals surface area contributed by atoms with Crippen LogP contribution in [0.3, 0.4) is 0 Å². The number of hydrogen-bond donors (Lipinski definition) is 1. The first kappa shape index (κ1) is 18.0. The number of piperazine rings is 1. The van der Waals surface area contributed by atoms with Crippen LogP contribution in [0, 0.1) is 0 Å². The molecule has 3 nitrogen and oxygen atoms in total. The van der Waals surface area contributed by atoms with Gasteiger partial charge in [-0.2, -0.15) is 0 Å². The van der Waals surface area contributed by atoms with E-state index in [0.717, 1.165) is 26.2 Å². The van der Waals surface area contributed by atoms with E-state index >= 15 is 0 Å². The summed E-state index contributed by atoms with van der Waals surface area (Å²) in [5.74, 6) is 0.477. The molecule has 0 atom stereocenters. The minimum absolute atomic E-state index is 0.477. The maximum absolute atomic E-state index is 3.15. The second-order valence-corrected chi connectivity index (χ2v) is 7.50. The van der Waals surface area contributed by atoms with Crippen molar-refractivity contribution in [3.8, 4) is 0 Å². The quantitative estimate of drug-likeness (QED) is 0.677. The molecule has 4 rings (SSSR count). The molecular formula is C24H29N3. The molecular weight excluding hydrogens is 330 g/mol. The number of nitrogens with zero attached hydrogens (tertiary/aromatic N) is 2. The lowest BCUT2D eigenvalue weighted by Gasteiger charge is -2.35. The molecule has 2 heterocycles. The summed E-state index contributed by atoms with van der Waals surface area (Å²) in [5, 5.41) is 0. The average molecular weight is 360 g/mol. The average Bonchev–Trinajstić information content (AvgIpc) is 3.24. The Hall–Kier alpha value is -2.36. The zero-order chi connectivity index (χ0) is 18.3. The highest BCUT2D eigenvalue weighted by atomic mass is 15.3. The number of benzene rings is 2. The van der Waals surface area contributed by atoms with Gasteiger partial charge < -0.3 is 9.88 Å². The molecule has 0 aliphatic carbocycles. The van der Waals surface area contributed by atoms with Gasteiger partial charge in [-0.25, -0.2) is 0 Å². The van der Waals surface area contributed by atoms with Gasteiger partial charge in [-0.1, -0.05) is 60.7 Å². The summed E-state index contributed by atoms with van der Waals surface area (Å²) in [5.41, 5.74) is 4.24.